The monoisotopic (exact) mass is 328 g/mol. The topological polar surface area (TPSA) is 213 Å². The van der Waals surface area contributed by atoms with E-state index in [4.69, 9.17) is 21.7 Å². The highest BCUT2D eigenvalue weighted by atomic mass is 19.1. The number of primary amides is 2. The summed E-state index contributed by atoms with van der Waals surface area (Å²) in [7, 11) is 0. The van der Waals surface area contributed by atoms with Crippen LogP contribution in [0.5, 0.6) is 0 Å². The lowest BCUT2D eigenvalue weighted by Gasteiger charge is -2.06. The van der Waals surface area contributed by atoms with Gasteiger partial charge in [0.25, 0.3) is 11.8 Å². The van der Waals surface area contributed by atoms with Gasteiger partial charge >= 0.3 is 11.9 Å². The lowest BCUT2D eigenvalue weighted by Crippen LogP contribution is -2.37. The molecule has 0 spiro atoms. The molecule has 0 aliphatic rings. The zero-order chi connectivity index (χ0) is 18.0. The number of rotatable bonds is 8. The molecule has 0 bridgehead atoms. The third kappa shape index (κ3) is 10.4. The maximum atomic E-state index is 12.3. The van der Waals surface area contributed by atoms with E-state index in [1.807, 2.05) is 0 Å². The maximum Gasteiger partial charge on any atom is 0.320 e. The Morgan fingerprint density at radius 1 is 0.773 bits per heavy atom. The number of halogens is 2. The van der Waals surface area contributed by atoms with Crippen molar-refractivity contribution in [3.05, 3.63) is 0 Å². The first-order chi connectivity index (χ1) is 9.89. The van der Waals surface area contributed by atoms with Crippen LogP contribution in [0.2, 0.25) is 0 Å². The average molecular weight is 328 g/mol. The summed E-state index contributed by atoms with van der Waals surface area (Å²) < 4.78 is 24.6. The molecule has 0 rings (SSSR count). The van der Waals surface area contributed by atoms with Crippen molar-refractivity contribution in [2.24, 2.45) is 22.9 Å². The smallest absolute Gasteiger partial charge is 0.320 e. The van der Waals surface area contributed by atoms with Crippen LogP contribution >= 0.6 is 0 Å². The van der Waals surface area contributed by atoms with Crippen molar-refractivity contribution < 1.29 is 38.2 Å². The van der Waals surface area contributed by atoms with Gasteiger partial charge in [-0.3, -0.25) is 19.2 Å². The van der Waals surface area contributed by atoms with Crippen molar-refractivity contribution in [2.75, 3.05) is 0 Å². The van der Waals surface area contributed by atoms with Gasteiger partial charge in [-0.15, -0.1) is 0 Å². The minimum absolute atomic E-state index is 0.579. The van der Waals surface area contributed by atoms with Crippen molar-refractivity contribution >= 4 is 23.8 Å². The van der Waals surface area contributed by atoms with Crippen molar-refractivity contribution in [2.45, 2.75) is 37.3 Å². The predicted molar refractivity (Wildman–Crippen MR) is 68.6 cm³/mol. The highest BCUT2D eigenvalue weighted by Gasteiger charge is 2.22. The number of carboxylic acids is 2. The largest absolute Gasteiger partial charge is 0.480 e. The summed E-state index contributed by atoms with van der Waals surface area (Å²) in [6, 6.07) is -2.75. The van der Waals surface area contributed by atoms with Gasteiger partial charge in [-0.05, 0) is 0 Å². The molecule has 0 saturated carbocycles. The number of hydrogen-bond donors (Lipinski definition) is 6. The standard InChI is InChI=1S/2C5H9FN2O3/c2*6-2(4(8)9)1-3(7)5(10)11/h2*2-3H,1,7H2,(H2,8,9)(H,10,11)/t2-,3+;2-,3-/m01/s1. The molecule has 0 saturated heterocycles. The Bertz CT molecular complexity index is 348. The van der Waals surface area contributed by atoms with E-state index in [0.29, 0.717) is 0 Å². The molecular formula is C10H18F2N4O6. The molecular weight excluding hydrogens is 310 g/mol. The van der Waals surface area contributed by atoms with Gasteiger partial charge in [-0.1, -0.05) is 0 Å². The van der Waals surface area contributed by atoms with E-state index in [1.54, 1.807) is 0 Å². The molecule has 2 amide bonds. The maximum absolute atomic E-state index is 12.3. The van der Waals surface area contributed by atoms with E-state index in [1.165, 1.54) is 0 Å². The Labute approximate surface area is 123 Å². The molecule has 10 N–H and O–H groups in total. The van der Waals surface area contributed by atoms with Crippen LogP contribution in [-0.2, 0) is 19.2 Å². The Kier molecular flexibility index (Phi) is 10.4. The van der Waals surface area contributed by atoms with E-state index in [2.05, 4.69) is 11.5 Å². The Morgan fingerprint density at radius 2 is 1.00 bits per heavy atom. The van der Waals surface area contributed by atoms with E-state index < -0.39 is 61.0 Å². The molecule has 10 nitrogen and oxygen atoms in total. The molecule has 0 aromatic heterocycles. The predicted octanol–water partition coefficient (Wildman–Crippen LogP) is -2.78. The summed E-state index contributed by atoms with van der Waals surface area (Å²) in [5.41, 5.74) is 18.9. The van der Waals surface area contributed by atoms with Gasteiger partial charge in [-0.25, -0.2) is 8.78 Å². The van der Waals surface area contributed by atoms with Gasteiger partial charge in [0.15, 0.2) is 12.3 Å². The van der Waals surface area contributed by atoms with Crippen molar-refractivity contribution in [1.82, 2.24) is 0 Å². The number of carboxylic acid groups (broad SMARTS) is 2. The Morgan fingerprint density at radius 3 is 1.14 bits per heavy atom. The van der Waals surface area contributed by atoms with Gasteiger partial charge < -0.3 is 33.1 Å². The van der Waals surface area contributed by atoms with Crippen LogP contribution in [-0.4, -0.2) is 58.4 Å². The zero-order valence-electron chi connectivity index (χ0n) is 11.3. The van der Waals surface area contributed by atoms with Gasteiger partial charge in [0.05, 0.1) is 0 Å². The molecule has 0 heterocycles. The molecule has 0 aliphatic carbocycles. The fourth-order valence-corrected chi connectivity index (χ4v) is 0.880. The highest BCUT2D eigenvalue weighted by Crippen LogP contribution is 2.00. The summed E-state index contributed by atoms with van der Waals surface area (Å²) in [6.45, 7) is 0. The number of aliphatic carboxylic acids is 2. The molecule has 0 aromatic carbocycles. The minimum Gasteiger partial charge on any atom is -0.480 e. The average Bonchev–Trinajstić information content (AvgIpc) is 2.38. The van der Waals surface area contributed by atoms with Crippen LogP contribution in [0.4, 0.5) is 8.78 Å². The fraction of sp³-hybridized carbons (Fsp3) is 0.600. The highest BCUT2D eigenvalue weighted by molar-refractivity contribution is 5.81. The van der Waals surface area contributed by atoms with E-state index in [0.717, 1.165) is 0 Å². The van der Waals surface area contributed by atoms with E-state index in [9.17, 15) is 28.0 Å². The van der Waals surface area contributed by atoms with Crippen LogP contribution in [0.25, 0.3) is 0 Å². The lowest BCUT2D eigenvalue weighted by atomic mass is 10.1. The third-order valence-electron chi connectivity index (χ3n) is 2.17. The fourth-order valence-electron chi connectivity index (χ4n) is 0.880. The Balaban J connectivity index is 0. The zero-order valence-corrected chi connectivity index (χ0v) is 11.3. The number of carbonyl (C=O) groups excluding carboxylic acids is 2. The van der Waals surface area contributed by atoms with Crippen molar-refractivity contribution in [1.29, 1.82) is 0 Å². The van der Waals surface area contributed by atoms with Crippen LogP contribution in [0, 0.1) is 0 Å². The second-order valence-electron chi connectivity index (χ2n) is 4.10. The van der Waals surface area contributed by atoms with Crippen LogP contribution in [0.1, 0.15) is 12.8 Å². The first kappa shape index (κ1) is 21.9. The van der Waals surface area contributed by atoms with Gasteiger partial charge in [0.2, 0.25) is 0 Å². The summed E-state index contributed by atoms with van der Waals surface area (Å²) in [5, 5.41) is 16.3. The normalized spacial score (nSPS) is 15.5. The Hall–Kier alpha value is -2.34. The molecule has 12 heteroatoms. The molecule has 0 unspecified atom stereocenters. The summed E-state index contributed by atoms with van der Waals surface area (Å²) >= 11 is 0. The number of carbonyl (C=O) groups is 4. The van der Waals surface area contributed by atoms with Crippen LogP contribution < -0.4 is 22.9 Å². The van der Waals surface area contributed by atoms with E-state index in [-0.39, 0.29) is 0 Å². The van der Waals surface area contributed by atoms with Crippen LogP contribution in [0.15, 0.2) is 0 Å². The molecule has 4 atom stereocenters. The number of nitrogens with two attached hydrogens (primary N) is 4. The van der Waals surface area contributed by atoms with Gasteiger partial charge in [0.1, 0.15) is 12.1 Å². The van der Waals surface area contributed by atoms with Crippen LogP contribution in [0.3, 0.4) is 0 Å². The first-order valence-corrected chi connectivity index (χ1v) is 5.73. The van der Waals surface area contributed by atoms with E-state index >= 15 is 0 Å². The second kappa shape index (κ2) is 10.4. The number of hydrogen-bond acceptors (Lipinski definition) is 6. The molecule has 0 aliphatic heterocycles. The quantitative estimate of drug-likeness (QED) is 0.273. The minimum atomic E-state index is -1.99. The third-order valence-corrected chi connectivity index (χ3v) is 2.17. The molecule has 128 valence electrons. The first-order valence-electron chi connectivity index (χ1n) is 5.73. The van der Waals surface area contributed by atoms with Gasteiger partial charge in [-0.2, -0.15) is 0 Å². The second-order valence-corrected chi connectivity index (χ2v) is 4.10. The van der Waals surface area contributed by atoms with Crippen molar-refractivity contribution in [3.8, 4) is 0 Å². The molecule has 0 aromatic rings. The SMILES string of the molecule is NC(=O)[C@@H](F)C[C@@H](N)C(=O)O.NC(=O)[C@H](F)C[C@@H](N)C(=O)O. The molecule has 22 heavy (non-hydrogen) atoms. The summed E-state index contributed by atoms with van der Waals surface area (Å²) in [5.74, 6) is -5.09. The van der Waals surface area contributed by atoms with Crippen molar-refractivity contribution in [3.63, 3.8) is 0 Å². The number of alkyl halides is 2. The number of amides is 2. The molecule has 0 radical (unpaired) electrons. The van der Waals surface area contributed by atoms with Gasteiger partial charge in [0, 0.05) is 12.8 Å². The summed E-state index contributed by atoms with van der Waals surface area (Å²) in [6.07, 6.45) is -5.13. The molecule has 0 fully saturated rings. The lowest BCUT2D eigenvalue weighted by molar-refractivity contribution is -0.140. The summed E-state index contributed by atoms with van der Waals surface area (Å²) in [4.78, 5) is 40.1.